The molecule has 7 heteroatoms. The molecule has 1 aliphatic heterocycles. The Hall–Kier alpha value is -4.75. The maximum atomic E-state index is 13.9. The average Bonchev–Trinajstić information content (AvgIpc) is 3.65. The van der Waals surface area contributed by atoms with Crippen LogP contribution in [0.3, 0.4) is 0 Å². The zero-order valence-electron chi connectivity index (χ0n) is 22.4. The second-order valence-electron chi connectivity index (χ2n) is 10.6. The highest BCUT2D eigenvalue weighted by Gasteiger charge is 2.41. The van der Waals surface area contributed by atoms with E-state index in [9.17, 15) is 14.7 Å². The van der Waals surface area contributed by atoms with E-state index in [1.165, 1.54) is 4.88 Å². The molecule has 2 aromatic heterocycles. The van der Waals surface area contributed by atoms with Gasteiger partial charge in [0, 0.05) is 40.0 Å². The molecule has 3 aromatic carbocycles. The van der Waals surface area contributed by atoms with Crippen molar-refractivity contribution in [1.29, 1.82) is 0 Å². The van der Waals surface area contributed by atoms with Crippen LogP contribution < -0.4 is 5.32 Å². The van der Waals surface area contributed by atoms with Gasteiger partial charge >= 0.3 is 5.97 Å². The van der Waals surface area contributed by atoms with Crippen molar-refractivity contribution in [3.63, 3.8) is 0 Å². The molecule has 2 atom stereocenters. The van der Waals surface area contributed by atoms with Gasteiger partial charge in [0.15, 0.2) is 5.78 Å². The number of aryl methyl sites for hydroxylation is 1. The van der Waals surface area contributed by atoms with Crippen molar-refractivity contribution in [1.82, 2.24) is 9.78 Å². The van der Waals surface area contributed by atoms with Gasteiger partial charge in [-0.2, -0.15) is 5.10 Å². The molecule has 0 spiro atoms. The molecule has 0 saturated heterocycles. The first-order valence-corrected chi connectivity index (χ1v) is 14.5. The van der Waals surface area contributed by atoms with Gasteiger partial charge in [0.1, 0.15) is 5.82 Å². The van der Waals surface area contributed by atoms with Crippen molar-refractivity contribution in [3.8, 4) is 16.8 Å². The predicted octanol–water partition coefficient (Wildman–Crippen LogP) is 7.57. The normalized spacial score (nSPS) is 18.0. The summed E-state index contributed by atoms with van der Waals surface area (Å²) in [4.78, 5) is 27.3. The highest BCUT2D eigenvalue weighted by atomic mass is 32.1. The fraction of sp³-hybridized carbons (Fsp3) is 0.147. The van der Waals surface area contributed by atoms with E-state index < -0.39 is 5.97 Å². The molecular weight excluding hydrogens is 530 g/mol. The Morgan fingerprint density at radius 1 is 0.927 bits per heavy atom. The summed E-state index contributed by atoms with van der Waals surface area (Å²) in [7, 11) is 0. The lowest BCUT2D eigenvalue weighted by molar-refractivity contribution is -0.116. The number of fused-ring (bicyclic) bond motifs is 1. The molecule has 0 unspecified atom stereocenters. The van der Waals surface area contributed by atoms with E-state index in [0.29, 0.717) is 24.3 Å². The van der Waals surface area contributed by atoms with E-state index >= 15 is 0 Å². The second kappa shape index (κ2) is 10.0. The molecule has 202 valence electrons. The molecule has 1 aliphatic carbocycles. The molecular formula is C34H27N3O3S. The zero-order valence-corrected chi connectivity index (χ0v) is 23.2. The number of hydrogen-bond donors (Lipinski definition) is 2. The number of nitrogens with one attached hydrogen (secondary N) is 1. The number of allylic oxidation sites excluding steroid dienone is 2. The summed E-state index contributed by atoms with van der Waals surface area (Å²) < 4.78 is 1.70. The highest BCUT2D eigenvalue weighted by Crippen LogP contribution is 2.50. The number of ketones is 1. The summed E-state index contributed by atoms with van der Waals surface area (Å²) in [5.74, 6) is -0.379. The van der Waals surface area contributed by atoms with Gasteiger partial charge in [-0.05, 0) is 53.6 Å². The number of carbonyl (C=O) groups excluding carboxylic acids is 1. The van der Waals surface area contributed by atoms with E-state index in [1.54, 1.807) is 34.2 Å². The van der Waals surface area contributed by atoms with Gasteiger partial charge in [0.2, 0.25) is 0 Å². The Kier molecular flexibility index (Phi) is 6.16. The Morgan fingerprint density at radius 3 is 2.39 bits per heavy atom. The van der Waals surface area contributed by atoms with Crippen LogP contribution in [0.15, 0.2) is 108 Å². The minimum atomic E-state index is -1.02. The fourth-order valence-electron chi connectivity index (χ4n) is 6.25. The van der Waals surface area contributed by atoms with Gasteiger partial charge in [-0.1, -0.05) is 72.8 Å². The third-order valence-electron chi connectivity index (χ3n) is 8.12. The molecule has 3 heterocycles. The first-order valence-electron chi connectivity index (χ1n) is 13.6. The van der Waals surface area contributed by atoms with Crippen molar-refractivity contribution in [2.24, 2.45) is 0 Å². The molecule has 0 bridgehead atoms. The number of thiophene rings is 1. The van der Waals surface area contributed by atoms with Crippen LogP contribution in [0.5, 0.6) is 0 Å². The topological polar surface area (TPSA) is 84.2 Å². The molecule has 0 amide bonds. The number of carbonyl (C=O) groups is 2. The van der Waals surface area contributed by atoms with Crippen LogP contribution in [-0.2, 0) is 4.79 Å². The SMILES string of the molecule is Cc1nn(-c2ccccc2C(=O)O)c2c1[C@H](c1ccc(-c3ccccc3)cc1)C1=C(C[C@H](c3cccs3)CC1=O)N2. The molecule has 0 radical (unpaired) electrons. The van der Waals surface area contributed by atoms with Gasteiger partial charge < -0.3 is 10.4 Å². The van der Waals surface area contributed by atoms with E-state index in [1.807, 2.05) is 37.3 Å². The van der Waals surface area contributed by atoms with Crippen LogP contribution in [0.4, 0.5) is 5.82 Å². The van der Waals surface area contributed by atoms with Crippen molar-refractivity contribution in [3.05, 3.63) is 135 Å². The Bertz CT molecular complexity index is 1820. The predicted molar refractivity (Wildman–Crippen MR) is 161 cm³/mol. The van der Waals surface area contributed by atoms with Crippen LogP contribution in [0.25, 0.3) is 16.8 Å². The van der Waals surface area contributed by atoms with Gasteiger partial charge in [0.05, 0.1) is 16.9 Å². The van der Waals surface area contributed by atoms with E-state index in [4.69, 9.17) is 5.10 Å². The summed E-state index contributed by atoms with van der Waals surface area (Å²) in [5.41, 5.74) is 7.22. The van der Waals surface area contributed by atoms with E-state index in [2.05, 4.69) is 53.2 Å². The molecule has 2 N–H and O–H groups in total. The van der Waals surface area contributed by atoms with Crippen LogP contribution in [0.2, 0.25) is 0 Å². The lowest BCUT2D eigenvalue weighted by Gasteiger charge is -2.35. The number of carboxylic acid groups (broad SMARTS) is 1. The van der Waals surface area contributed by atoms with Gasteiger partial charge in [-0.25, -0.2) is 9.48 Å². The van der Waals surface area contributed by atoms with E-state index in [-0.39, 0.29) is 23.2 Å². The van der Waals surface area contributed by atoms with Crippen molar-refractivity contribution < 1.29 is 14.7 Å². The van der Waals surface area contributed by atoms with Crippen LogP contribution in [0.1, 0.15) is 56.7 Å². The quantitative estimate of drug-likeness (QED) is 0.233. The summed E-state index contributed by atoms with van der Waals surface area (Å²) >= 11 is 1.68. The summed E-state index contributed by atoms with van der Waals surface area (Å²) in [6, 6.07) is 29.7. The minimum absolute atomic E-state index is 0.0974. The zero-order chi connectivity index (χ0) is 28.1. The maximum absolute atomic E-state index is 13.9. The lowest BCUT2D eigenvalue weighted by Crippen LogP contribution is -2.30. The molecule has 2 aliphatic rings. The number of Topliss-reactive ketones (excluding diaryl/α,β-unsaturated/α-hetero) is 1. The van der Waals surface area contributed by atoms with Crippen molar-refractivity contribution >= 4 is 28.9 Å². The third kappa shape index (κ3) is 4.30. The van der Waals surface area contributed by atoms with Crippen molar-refractivity contribution in [2.75, 3.05) is 5.32 Å². The molecule has 41 heavy (non-hydrogen) atoms. The number of nitrogens with zero attached hydrogens (tertiary/aromatic N) is 2. The molecule has 7 rings (SSSR count). The van der Waals surface area contributed by atoms with Gasteiger partial charge in [-0.15, -0.1) is 11.3 Å². The number of para-hydroxylation sites is 1. The fourth-order valence-corrected chi connectivity index (χ4v) is 7.08. The standard InChI is InChI=1S/C34H27N3O3S/c1-20-30-31(23-15-13-22(14-16-23)21-8-3-2-4-9-21)32-26(18-24(19-28(32)38)29-12-7-17-41-29)35-33(30)37(36-20)27-11-6-5-10-25(27)34(39)40/h2-17,24,31,35H,18-19H2,1H3,(H,39,40)/t24-,31-/m0/s1. The minimum Gasteiger partial charge on any atom is -0.478 e. The average molecular weight is 558 g/mol. The van der Waals surface area contributed by atoms with Crippen molar-refractivity contribution in [2.45, 2.75) is 31.6 Å². The first kappa shape index (κ1) is 25.2. The number of aromatic nitrogens is 2. The van der Waals surface area contributed by atoms with E-state index in [0.717, 1.165) is 39.2 Å². The summed E-state index contributed by atoms with van der Waals surface area (Å²) in [6.07, 6.45) is 1.16. The number of benzene rings is 3. The summed E-state index contributed by atoms with van der Waals surface area (Å²) in [5, 5.41) is 20.4. The second-order valence-corrected chi connectivity index (χ2v) is 11.5. The molecule has 5 aromatic rings. The first-order chi connectivity index (χ1) is 20.0. The summed E-state index contributed by atoms with van der Waals surface area (Å²) in [6.45, 7) is 1.93. The maximum Gasteiger partial charge on any atom is 0.337 e. The third-order valence-corrected chi connectivity index (χ3v) is 9.16. The number of anilines is 1. The number of aromatic carboxylic acids is 1. The number of carboxylic acids is 1. The Balaban J connectivity index is 1.40. The highest BCUT2D eigenvalue weighted by molar-refractivity contribution is 7.10. The van der Waals surface area contributed by atoms with Gasteiger partial charge in [0.25, 0.3) is 0 Å². The number of hydrogen-bond acceptors (Lipinski definition) is 5. The monoisotopic (exact) mass is 557 g/mol. The Labute approximate surface area is 241 Å². The molecule has 0 saturated carbocycles. The van der Waals surface area contributed by atoms with Gasteiger partial charge in [-0.3, -0.25) is 4.79 Å². The molecule has 6 nitrogen and oxygen atoms in total. The largest absolute Gasteiger partial charge is 0.478 e. The lowest BCUT2D eigenvalue weighted by atomic mass is 9.73. The Morgan fingerprint density at radius 2 is 1.66 bits per heavy atom. The number of rotatable bonds is 5. The van der Waals surface area contributed by atoms with Crippen LogP contribution in [-0.4, -0.2) is 26.6 Å². The smallest absolute Gasteiger partial charge is 0.337 e. The van der Waals surface area contributed by atoms with Crippen LogP contribution in [0, 0.1) is 6.92 Å². The van der Waals surface area contributed by atoms with Crippen LogP contribution >= 0.6 is 11.3 Å². The molecule has 0 fully saturated rings.